The quantitative estimate of drug-likeness (QED) is 0.593. The van der Waals surface area contributed by atoms with Gasteiger partial charge in [-0.1, -0.05) is 54.6 Å². The first-order valence-corrected chi connectivity index (χ1v) is 8.72. The van der Waals surface area contributed by atoms with E-state index in [1.807, 2.05) is 24.3 Å². The largest absolute Gasteiger partial charge is 0.456 e. The lowest BCUT2D eigenvalue weighted by molar-refractivity contribution is -0.152. The minimum Gasteiger partial charge on any atom is -0.456 e. The van der Waals surface area contributed by atoms with E-state index in [0.717, 1.165) is 12.0 Å². The van der Waals surface area contributed by atoms with E-state index in [1.165, 1.54) is 5.56 Å². The van der Waals surface area contributed by atoms with Gasteiger partial charge in [0.25, 0.3) is 5.91 Å². The van der Waals surface area contributed by atoms with Crippen molar-refractivity contribution in [2.24, 2.45) is 0 Å². The van der Waals surface area contributed by atoms with Crippen molar-refractivity contribution in [3.05, 3.63) is 71.3 Å². The molecule has 134 valence electrons. The third-order valence-corrected chi connectivity index (χ3v) is 4.49. The van der Waals surface area contributed by atoms with Crippen LogP contribution >= 0.6 is 0 Å². The second-order valence-electron chi connectivity index (χ2n) is 6.28. The van der Waals surface area contributed by atoms with Gasteiger partial charge in [-0.2, -0.15) is 0 Å². The van der Waals surface area contributed by atoms with E-state index in [-0.39, 0.29) is 31.1 Å². The molecular formula is C21H21NO4. The predicted molar refractivity (Wildman–Crippen MR) is 96.5 cm³/mol. The number of esters is 1. The van der Waals surface area contributed by atoms with E-state index in [1.54, 1.807) is 29.2 Å². The Labute approximate surface area is 152 Å². The molecule has 0 fully saturated rings. The molecule has 0 atom stereocenters. The average molecular weight is 351 g/mol. The summed E-state index contributed by atoms with van der Waals surface area (Å²) in [5, 5.41) is 0. The molecule has 1 amide bonds. The van der Waals surface area contributed by atoms with Crippen LogP contribution in [-0.2, 0) is 27.3 Å². The van der Waals surface area contributed by atoms with E-state index in [0.29, 0.717) is 18.7 Å². The smallest absolute Gasteiger partial charge is 0.306 e. The van der Waals surface area contributed by atoms with Crippen LogP contribution in [0, 0.1) is 0 Å². The van der Waals surface area contributed by atoms with Gasteiger partial charge in [-0.05, 0) is 17.5 Å². The molecule has 0 saturated carbocycles. The van der Waals surface area contributed by atoms with Crippen LogP contribution in [0.1, 0.15) is 34.3 Å². The summed E-state index contributed by atoms with van der Waals surface area (Å²) in [5.41, 5.74) is 2.96. The number of hydrogen-bond donors (Lipinski definition) is 0. The SMILES string of the molecule is O=C(CCC(=O)c1ccccc1)OCC(=O)N1CCc2ccccc2C1. The highest BCUT2D eigenvalue weighted by molar-refractivity contribution is 5.97. The molecule has 0 bridgehead atoms. The van der Waals surface area contributed by atoms with Crippen molar-refractivity contribution >= 4 is 17.7 Å². The fourth-order valence-electron chi connectivity index (χ4n) is 3.00. The van der Waals surface area contributed by atoms with Gasteiger partial charge >= 0.3 is 5.97 Å². The molecular weight excluding hydrogens is 330 g/mol. The van der Waals surface area contributed by atoms with Gasteiger partial charge in [-0.3, -0.25) is 14.4 Å². The Morgan fingerprint density at radius 3 is 2.35 bits per heavy atom. The topological polar surface area (TPSA) is 63.7 Å². The number of fused-ring (bicyclic) bond motifs is 1. The van der Waals surface area contributed by atoms with Gasteiger partial charge in [0.1, 0.15) is 0 Å². The first kappa shape index (κ1) is 17.9. The number of Topliss-reactive ketones (excluding diaryl/α,β-unsaturated/α-hetero) is 1. The monoisotopic (exact) mass is 351 g/mol. The van der Waals surface area contributed by atoms with Crippen LogP contribution in [0.3, 0.4) is 0 Å². The molecule has 0 aliphatic carbocycles. The molecule has 0 unspecified atom stereocenters. The number of carbonyl (C=O) groups is 3. The number of benzene rings is 2. The number of rotatable bonds is 6. The summed E-state index contributed by atoms with van der Waals surface area (Å²) >= 11 is 0. The van der Waals surface area contributed by atoms with Gasteiger partial charge in [0.2, 0.25) is 0 Å². The molecule has 1 heterocycles. The van der Waals surface area contributed by atoms with Gasteiger partial charge < -0.3 is 9.64 Å². The minimum absolute atomic E-state index is 0.0240. The van der Waals surface area contributed by atoms with Gasteiger partial charge in [0.15, 0.2) is 12.4 Å². The third kappa shape index (κ3) is 4.57. The zero-order valence-corrected chi connectivity index (χ0v) is 14.5. The van der Waals surface area contributed by atoms with Crippen LogP contribution in [0.4, 0.5) is 0 Å². The van der Waals surface area contributed by atoms with Crippen molar-refractivity contribution in [3.8, 4) is 0 Å². The van der Waals surface area contributed by atoms with Crippen molar-refractivity contribution in [2.75, 3.05) is 13.2 Å². The highest BCUT2D eigenvalue weighted by Gasteiger charge is 2.21. The van der Waals surface area contributed by atoms with Crippen molar-refractivity contribution in [3.63, 3.8) is 0 Å². The molecule has 2 aromatic carbocycles. The van der Waals surface area contributed by atoms with Crippen LogP contribution in [0.2, 0.25) is 0 Å². The Balaban J connectivity index is 1.42. The summed E-state index contributed by atoms with van der Waals surface area (Å²) < 4.78 is 5.05. The van der Waals surface area contributed by atoms with E-state index in [4.69, 9.17) is 4.74 Å². The summed E-state index contributed by atoms with van der Waals surface area (Å²) in [6.07, 6.45) is 0.861. The Hall–Kier alpha value is -2.95. The standard InChI is InChI=1S/C21H21NO4/c23-19(17-7-2-1-3-8-17)10-11-21(25)26-15-20(24)22-13-12-16-6-4-5-9-18(16)14-22/h1-9H,10-15H2. The molecule has 0 spiro atoms. The minimum atomic E-state index is -0.528. The fraction of sp³-hybridized carbons (Fsp3) is 0.286. The molecule has 1 aliphatic heterocycles. The highest BCUT2D eigenvalue weighted by Crippen LogP contribution is 2.18. The Morgan fingerprint density at radius 1 is 0.885 bits per heavy atom. The lowest BCUT2D eigenvalue weighted by atomic mass is 10.00. The van der Waals surface area contributed by atoms with Crippen molar-refractivity contribution in [1.82, 2.24) is 4.90 Å². The van der Waals surface area contributed by atoms with E-state index < -0.39 is 5.97 Å². The average Bonchev–Trinajstić information content (AvgIpc) is 2.70. The van der Waals surface area contributed by atoms with Crippen LogP contribution < -0.4 is 0 Å². The Morgan fingerprint density at radius 2 is 1.58 bits per heavy atom. The Kier molecular flexibility index (Phi) is 5.79. The molecule has 0 aromatic heterocycles. The first-order chi connectivity index (χ1) is 12.6. The highest BCUT2D eigenvalue weighted by atomic mass is 16.5. The van der Waals surface area contributed by atoms with Crippen LogP contribution in [-0.4, -0.2) is 35.7 Å². The summed E-state index contributed by atoms with van der Waals surface area (Å²) in [7, 11) is 0. The summed E-state index contributed by atoms with van der Waals surface area (Å²) in [5.74, 6) is -0.844. The van der Waals surface area contributed by atoms with Gasteiger partial charge in [-0.25, -0.2) is 0 Å². The summed E-state index contributed by atoms with van der Waals surface area (Å²) in [4.78, 5) is 37.7. The van der Waals surface area contributed by atoms with Gasteiger partial charge in [0, 0.05) is 25.1 Å². The van der Waals surface area contributed by atoms with Crippen LogP contribution in [0.15, 0.2) is 54.6 Å². The second kappa shape index (κ2) is 8.43. The van der Waals surface area contributed by atoms with Crippen LogP contribution in [0.5, 0.6) is 0 Å². The molecule has 0 saturated heterocycles. The maximum Gasteiger partial charge on any atom is 0.306 e. The molecule has 26 heavy (non-hydrogen) atoms. The number of ether oxygens (including phenoxy) is 1. The molecule has 5 nitrogen and oxygen atoms in total. The Bertz CT molecular complexity index is 801. The molecule has 5 heteroatoms. The molecule has 0 N–H and O–H groups in total. The lowest BCUT2D eigenvalue weighted by Crippen LogP contribution is -2.38. The number of ketones is 1. The maximum atomic E-state index is 12.3. The normalized spacial score (nSPS) is 13.0. The van der Waals surface area contributed by atoms with Crippen LogP contribution in [0.25, 0.3) is 0 Å². The molecule has 1 aliphatic rings. The summed E-state index contributed by atoms with van der Waals surface area (Å²) in [6.45, 7) is 0.888. The molecule has 3 rings (SSSR count). The van der Waals surface area contributed by atoms with Gasteiger partial charge in [0.05, 0.1) is 6.42 Å². The summed E-state index contributed by atoms with van der Waals surface area (Å²) in [6, 6.07) is 16.8. The van der Waals surface area contributed by atoms with E-state index in [9.17, 15) is 14.4 Å². The van der Waals surface area contributed by atoms with E-state index in [2.05, 4.69) is 6.07 Å². The zero-order chi connectivity index (χ0) is 18.4. The maximum absolute atomic E-state index is 12.3. The first-order valence-electron chi connectivity index (χ1n) is 8.72. The third-order valence-electron chi connectivity index (χ3n) is 4.49. The number of amides is 1. The van der Waals surface area contributed by atoms with Gasteiger partial charge in [-0.15, -0.1) is 0 Å². The zero-order valence-electron chi connectivity index (χ0n) is 14.5. The second-order valence-corrected chi connectivity index (χ2v) is 6.28. The van der Waals surface area contributed by atoms with Crippen molar-refractivity contribution in [1.29, 1.82) is 0 Å². The molecule has 0 radical (unpaired) electrons. The lowest BCUT2D eigenvalue weighted by Gasteiger charge is -2.28. The number of carbonyl (C=O) groups excluding carboxylic acids is 3. The number of nitrogens with zero attached hydrogens (tertiary/aromatic N) is 1. The molecule has 2 aromatic rings. The van der Waals surface area contributed by atoms with E-state index >= 15 is 0 Å². The predicted octanol–water partition coefficient (Wildman–Crippen LogP) is 2.78. The fourth-order valence-corrected chi connectivity index (χ4v) is 3.00. The number of hydrogen-bond acceptors (Lipinski definition) is 4. The van der Waals surface area contributed by atoms with Crippen molar-refractivity contribution in [2.45, 2.75) is 25.8 Å². The van der Waals surface area contributed by atoms with Crippen molar-refractivity contribution < 1.29 is 19.1 Å².